The van der Waals surface area contributed by atoms with E-state index in [9.17, 15) is 5.26 Å². The van der Waals surface area contributed by atoms with Gasteiger partial charge in [0.2, 0.25) is 0 Å². The molecule has 0 aliphatic heterocycles. The molecule has 0 atom stereocenters. The van der Waals surface area contributed by atoms with E-state index in [1.807, 2.05) is 60.7 Å². The van der Waals surface area contributed by atoms with Gasteiger partial charge in [0.05, 0.1) is 33.8 Å². The minimum Gasteiger partial charge on any atom is -0.464 e. The normalized spacial score (nSPS) is 12.7. The maximum atomic E-state index is 9.32. The summed E-state index contributed by atoms with van der Waals surface area (Å²) in [5.74, 6) is 0. The molecular formula is C38H28IrN4O-2. The summed E-state index contributed by atoms with van der Waals surface area (Å²) in [4.78, 5) is 9.19. The predicted octanol–water partition coefficient (Wildman–Crippen LogP) is 9.36. The van der Waals surface area contributed by atoms with E-state index in [0.29, 0.717) is 11.1 Å². The van der Waals surface area contributed by atoms with Gasteiger partial charge >= 0.3 is 0 Å². The fourth-order valence-electron chi connectivity index (χ4n) is 5.42. The van der Waals surface area contributed by atoms with E-state index in [0.717, 1.165) is 60.8 Å². The van der Waals surface area contributed by atoms with E-state index in [-0.39, 0.29) is 25.5 Å². The van der Waals surface area contributed by atoms with E-state index >= 15 is 0 Å². The first kappa shape index (κ1) is 25.7. The van der Waals surface area contributed by atoms with E-state index in [2.05, 4.69) is 54.4 Å². The van der Waals surface area contributed by atoms with Crippen LogP contribution in [-0.4, -0.2) is 14.4 Å². The molecule has 217 valence electrons. The summed E-state index contributed by atoms with van der Waals surface area (Å²) >= 11 is 0. The predicted molar refractivity (Wildman–Crippen MR) is 173 cm³/mol. The number of benzene rings is 4. The third-order valence-electron chi connectivity index (χ3n) is 7.61. The van der Waals surface area contributed by atoms with Crippen molar-refractivity contribution in [2.24, 2.45) is 0 Å². The first-order chi connectivity index (χ1) is 22.0. The number of imidazole rings is 1. The zero-order chi connectivity index (χ0) is 32.2. The van der Waals surface area contributed by atoms with E-state index in [1.165, 1.54) is 11.6 Å². The molecule has 44 heavy (non-hydrogen) atoms. The number of para-hydroxylation sites is 2. The van der Waals surface area contributed by atoms with Crippen molar-refractivity contribution in [2.75, 3.05) is 0 Å². The maximum Gasteiger partial charge on any atom is 0.135 e. The second-order valence-corrected chi connectivity index (χ2v) is 11.5. The van der Waals surface area contributed by atoms with Gasteiger partial charge in [-0.05, 0) is 53.1 Å². The molecule has 4 heterocycles. The van der Waals surface area contributed by atoms with Crippen LogP contribution in [0.1, 0.15) is 41.6 Å². The summed E-state index contributed by atoms with van der Waals surface area (Å²) < 4.78 is 30.4. The smallest absolute Gasteiger partial charge is 0.135 e. The average Bonchev–Trinajstić information content (AvgIpc) is 3.63. The Morgan fingerprint density at radius 1 is 0.955 bits per heavy atom. The monoisotopic (exact) mass is 752 g/mol. The maximum absolute atomic E-state index is 9.32. The molecule has 8 aromatic rings. The van der Waals surface area contributed by atoms with Crippen molar-refractivity contribution in [1.29, 1.82) is 5.26 Å². The van der Waals surface area contributed by atoms with E-state index in [1.54, 1.807) is 24.4 Å². The molecule has 4 aromatic heterocycles. The molecule has 0 saturated heterocycles. The second-order valence-electron chi connectivity index (χ2n) is 11.5. The molecule has 1 radical (unpaired) electrons. The van der Waals surface area contributed by atoms with Crippen molar-refractivity contribution in [2.45, 2.75) is 33.0 Å². The molecular weight excluding hydrogens is 721 g/mol. The van der Waals surface area contributed by atoms with Crippen molar-refractivity contribution in [3.8, 4) is 17.3 Å². The van der Waals surface area contributed by atoms with Gasteiger partial charge in [-0.3, -0.25) is 4.98 Å². The molecule has 0 N–H and O–H groups in total. The number of hydrogen-bond acceptors (Lipinski definition) is 4. The number of nitriles is 1. The summed E-state index contributed by atoms with van der Waals surface area (Å²) in [5.41, 5.74) is 9.04. The summed E-state index contributed by atoms with van der Waals surface area (Å²) in [6.45, 7) is 4.35. The Kier molecular flexibility index (Phi) is 6.62. The molecule has 0 aliphatic carbocycles. The summed E-state index contributed by atoms with van der Waals surface area (Å²) in [7, 11) is 0. The second kappa shape index (κ2) is 11.4. The van der Waals surface area contributed by atoms with Crippen LogP contribution in [-0.2, 0) is 25.5 Å². The molecule has 0 saturated carbocycles. The Morgan fingerprint density at radius 2 is 1.82 bits per heavy atom. The van der Waals surface area contributed by atoms with Gasteiger partial charge < -0.3 is 13.8 Å². The molecule has 0 spiro atoms. The Bertz CT molecular complexity index is 2470. The first-order valence-electron chi connectivity index (χ1n) is 15.5. The van der Waals surface area contributed by atoms with Crippen LogP contribution in [0, 0.1) is 30.3 Å². The van der Waals surface area contributed by atoms with Crippen LogP contribution in [0.25, 0.3) is 60.8 Å². The van der Waals surface area contributed by atoms with Crippen LogP contribution in [0.5, 0.6) is 0 Å². The Morgan fingerprint density at radius 3 is 2.59 bits per heavy atom. The van der Waals surface area contributed by atoms with Gasteiger partial charge in [-0.25, -0.2) is 0 Å². The zero-order valence-corrected chi connectivity index (χ0v) is 26.7. The van der Waals surface area contributed by atoms with Crippen molar-refractivity contribution in [3.05, 3.63) is 126 Å². The number of hydrogen-bond donors (Lipinski definition) is 0. The minimum atomic E-state index is -2.09. The first-order valence-corrected chi connectivity index (χ1v) is 14.0. The van der Waals surface area contributed by atoms with Crippen LogP contribution < -0.4 is 0 Å². The van der Waals surface area contributed by atoms with Crippen molar-refractivity contribution < 1.29 is 28.6 Å². The van der Waals surface area contributed by atoms with Crippen LogP contribution in [0.15, 0.2) is 102 Å². The van der Waals surface area contributed by atoms with Crippen LogP contribution >= 0.6 is 0 Å². The molecule has 4 aromatic carbocycles. The number of aryl methyl sites for hydroxylation is 1. The average molecular weight is 752 g/mol. The Balaban J connectivity index is 0.000000167. The van der Waals surface area contributed by atoms with Crippen LogP contribution in [0.2, 0.25) is 0 Å². The van der Waals surface area contributed by atoms with Crippen molar-refractivity contribution >= 4 is 49.5 Å². The van der Waals surface area contributed by atoms with Gasteiger partial charge in [0.25, 0.3) is 0 Å². The molecule has 5 nitrogen and oxygen atoms in total. The van der Waals surface area contributed by atoms with E-state index in [4.69, 9.17) is 13.5 Å². The summed E-state index contributed by atoms with van der Waals surface area (Å²) in [6.07, 6.45) is 1.78. The quantitative estimate of drug-likeness (QED) is 0.157. The number of pyridine rings is 2. The zero-order valence-electron chi connectivity index (χ0n) is 27.3. The summed E-state index contributed by atoms with van der Waals surface area (Å²) in [5, 5.41) is 12.1. The Labute approximate surface area is 273 Å². The number of furan rings is 1. The number of fused-ring (bicyclic) bond motifs is 10. The van der Waals surface area contributed by atoms with Gasteiger partial charge in [0, 0.05) is 35.8 Å². The number of aromatic nitrogens is 3. The fraction of sp³-hybridized carbons (Fsp3) is 0.132. The van der Waals surface area contributed by atoms with E-state index < -0.39 is 6.85 Å². The van der Waals surface area contributed by atoms with Crippen molar-refractivity contribution in [1.82, 2.24) is 14.4 Å². The molecule has 6 heteroatoms. The topological polar surface area (TPSA) is 67.1 Å². The minimum absolute atomic E-state index is 0. The van der Waals surface area contributed by atoms with Gasteiger partial charge in [0.15, 0.2) is 0 Å². The Hall–Kier alpha value is -4.82. The van der Waals surface area contributed by atoms with Crippen LogP contribution in [0.4, 0.5) is 0 Å². The largest absolute Gasteiger partial charge is 0.464 e. The third-order valence-corrected chi connectivity index (χ3v) is 7.61. The van der Waals surface area contributed by atoms with Crippen LogP contribution in [0.3, 0.4) is 0 Å². The molecule has 0 amide bonds. The number of rotatable bonds is 1. The van der Waals surface area contributed by atoms with Gasteiger partial charge in [-0.15, -0.1) is 59.7 Å². The SMILES string of the molecule is N#Cc1ccc2oc3c4ccc[c-]c4c4nc5ccccc5n4c3c2c1.[2H]C([2H])([2H])c1c[c-]c(-c2cc(C(C)(C)C)ccn2)cc1.[Ir]. The molecule has 0 aliphatic rings. The van der Waals surface area contributed by atoms with Gasteiger partial charge in [-0.1, -0.05) is 56.6 Å². The molecule has 0 unspecified atom stereocenters. The van der Waals surface area contributed by atoms with Gasteiger partial charge in [0.1, 0.15) is 11.2 Å². The van der Waals surface area contributed by atoms with Gasteiger partial charge in [-0.2, -0.15) is 5.26 Å². The third kappa shape index (κ3) is 5.05. The number of nitrogens with zero attached hydrogens (tertiary/aromatic N) is 4. The summed E-state index contributed by atoms with van der Waals surface area (Å²) in [6, 6.07) is 36.9. The molecule has 0 bridgehead atoms. The molecule has 8 rings (SSSR count). The fourth-order valence-corrected chi connectivity index (χ4v) is 5.42. The molecule has 0 fully saturated rings. The standard InChI is InChI=1S/C22H10N3O.C16H18N.Ir/c23-12-13-9-10-19-16(11-13)20-21(26-19)14-5-1-2-6-15(14)22-24-17-7-3-4-8-18(17)25(20)22;1-12-5-7-13(8-6-12)15-11-14(9-10-17-15)16(2,3)4;/h1-5,7-11H;5-7,9-11H,1-4H3;/q2*-1;/i;1D3;. The van der Waals surface area contributed by atoms with Crippen molar-refractivity contribution in [3.63, 3.8) is 0 Å².